The molecule has 0 aliphatic rings. The SMILES string of the molecule is Oc1ccc(Cl)cc1CNc1cccc(OCCc2ccccc2)c1. The van der Waals surface area contributed by atoms with Crippen LogP contribution in [0.25, 0.3) is 0 Å². The molecule has 0 radical (unpaired) electrons. The smallest absolute Gasteiger partial charge is 0.121 e. The molecule has 0 aliphatic carbocycles. The van der Waals surface area contributed by atoms with E-state index in [-0.39, 0.29) is 5.75 Å². The Hall–Kier alpha value is -2.65. The maximum atomic E-state index is 9.87. The van der Waals surface area contributed by atoms with Crippen molar-refractivity contribution in [2.75, 3.05) is 11.9 Å². The molecule has 25 heavy (non-hydrogen) atoms. The molecule has 0 bridgehead atoms. The predicted molar refractivity (Wildman–Crippen MR) is 103 cm³/mol. The van der Waals surface area contributed by atoms with Gasteiger partial charge in [0, 0.05) is 35.3 Å². The van der Waals surface area contributed by atoms with Gasteiger partial charge in [0.15, 0.2) is 0 Å². The zero-order valence-electron chi connectivity index (χ0n) is 13.8. The van der Waals surface area contributed by atoms with Gasteiger partial charge >= 0.3 is 0 Å². The van der Waals surface area contributed by atoms with Crippen LogP contribution >= 0.6 is 11.6 Å². The zero-order chi connectivity index (χ0) is 17.5. The number of anilines is 1. The number of phenols is 1. The Morgan fingerprint density at radius 2 is 1.76 bits per heavy atom. The van der Waals surface area contributed by atoms with Gasteiger partial charge in [0.25, 0.3) is 0 Å². The van der Waals surface area contributed by atoms with E-state index in [4.69, 9.17) is 16.3 Å². The summed E-state index contributed by atoms with van der Waals surface area (Å²) in [4.78, 5) is 0. The van der Waals surface area contributed by atoms with Crippen LogP contribution in [0.1, 0.15) is 11.1 Å². The summed E-state index contributed by atoms with van der Waals surface area (Å²) in [6, 6.07) is 23.1. The van der Waals surface area contributed by atoms with E-state index in [1.807, 2.05) is 42.5 Å². The van der Waals surface area contributed by atoms with E-state index in [1.165, 1.54) is 5.56 Å². The fourth-order valence-corrected chi connectivity index (χ4v) is 2.71. The molecule has 3 rings (SSSR count). The lowest BCUT2D eigenvalue weighted by atomic mass is 10.2. The molecule has 0 aromatic heterocycles. The summed E-state index contributed by atoms with van der Waals surface area (Å²) in [5.74, 6) is 1.04. The normalized spacial score (nSPS) is 10.4. The summed E-state index contributed by atoms with van der Waals surface area (Å²) in [6.07, 6.45) is 0.870. The molecule has 3 nitrogen and oxygen atoms in total. The van der Waals surface area contributed by atoms with Gasteiger partial charge < -0.3 is 15.2 Å². The molecule has 0 spiro atoms. The van der Waals surface area contributed by atoms with Crippen LogP contribution in [0.4, 0.5) is 5.69 Å². The average molecular weight is 354 g/mol. The second-order valence-corrected chi connectivity index (χ2v) is 6.17. The summed E-state index contributed by atoms with van der Waals surface area (Å²) in [6.45, 7) is 1.11. The summed E-state index contributed by atoms with van der Waals surface area (Å²) in [7, 11) is 0. The fourth-order valence-electron chi connectivity index (χ4n) is 2.52. The van der Waals surface area contributed by atoms with Gasteiger partial charge in [-0.1, -0.05) is 48.0 Å². The summed E-state index contributed by atoms with van der Waals surface area (Å²) < 4.78 is 5.83. The Kier molecular flexibility index (Phi) is 5.81. The zero-order valence-corrected chi connectivity index (χ0v) is 14.5. The first-order chi connectivity index (χ1) is 12.2. The molecular weight excluding hydrogens is 334 g/mol. The van der Waals surface area contributed by atoms with Crippen LogP contribution in [0.15, 0.2) is 72.8 Å². The summed E-state index contributed by atoms with van der Waals surface area (Å²) >= 11 is 5.97. The lowest BCUT2D eigenvalue weighted by molar-refractivity contribution is 0.322. The lowest BCUT2D eigenvalue weighted by Crippen LogP contribution is -2.03. The Bertz CT molecular complexity index is 821. The van der Waals surface area contributed by atoms with Gasteiger partial charge in [0.05, 0.1) is 6.61 Å². The van der Waals surface area contributed by atoms with Crippen molar-refractivity contribution in [2.45, 2.75) is 13.0 Å². The molecule has 0 amide bonds. The van der Waals surface area contributed by atoms with Gasteiger partial charge in [-0.3, -0.25) is 0 Å². The highest BCUT2D eigenvalue weighted by atomic mass is 35.5. The van der Waals surface area contributed by atoms with E-state index < -0.39 is 0 Å². The van der Waals surface area contributed by atoms with Crippen LogP contribution in [-0.2, 0) is 13.0 Å². The van der Waals surface area contributed by atoms with Crippen molar-refractivity contribution < 1.29 is 9.84 Å². The summed E-state index contributed by atoms with van der Waals surface area (Å²) in [5, 5.41) is 13.8. The van der Waals surface area contributed by atoms with E-state index in [1.54, 1.807) is 18.2 Å². The van der Waals surface area contributed by atoms with E-state index in [9.17, 15) is 5.11 Å². The molecule has 0 atom stereocenters. The van der Waals surface area contributed by atoms with Crippen molar-refractivity contribution in [1.82, 2.24) is 0 Å². The molecule has 0 fully saturated rings. The van der Waals surface area contributed by atoms with Crippen molar-refractivity contribution >= 4 is 17.3 Å². The Balaban J connectivity index is 1.55. The number of hydrogen-bond donors (Lipinski definition) is 2. The topological polar surface area (TPSA) is 41.5 Å². The van der Waals surface area contributed by atoms with Gasteiger partial charge in [-0.25, -0.2) is 0 Å². The molecular formula is C21H20ClNO2. The molecule has 0 unspecified atom stereocenters. The number of rotatable bonds is 7. The van der Waals surface area contributed by atoms with Crippen LogP contribution in [0.5, 0.6) is 11.5 Å². The minimum atomic E-state index is 0.229. The van der Waals surface area contributed by atoms with Crippen LogP contribution in [0.3, 0.4) is 0 Å². The van der Waals surface area contributed by atoms with E-state index >= 15 is 0 Å². The number of ether oxygens (including phenoxy) is 1. The van der Waals surface area contributed by atoms with Gasteiger partial charge in [0.1, 0.15) is 11.5 Å². The molecule has 4 heteroatoms. The quantitative estimate of drug-likeness (QED) is 0.607. The van der Waals surface area contributed by atoms with E-state index in [2.05, 4.69) is 17.4 Å². The van der Waals surface area contributed by atoms with Crippen molar-refractivity contribution in [3.8, 4) is 11.5 Å². The van der Waals surface area contributed by atoms with Crippen LogP contribution < -0.4 is 10.1 Å². The number of benzene rings is 3. The van der Waals surface area contributed by atoms with E-state index in [0.717, 1.165) is 23.4 Å². The number of halogens is 1. The van der Waals surface area contributed by atoms with Crippen molar-refractivity contribution in [3.05, 3.63) is 88.9 Å². The third kappa shape index (κ3) is 5.16. The number of phenolic OH excluding ortho intramolecular Hbond substituents is 1. The molecule has 0 saturated heterocycles. The Morgan fingerprint density at radius 3 is 2.60 bits per heavy atom. The summed E-state index contributed by atoms with van der Waals surface area (Å²) in [5.41, 5.74) is 2.94. The van der Waals surface area contributed by atoms with Crippen molar-refractivity contribution in [1.29, 1.82) is 0 Å². The first-order valence-corrected chi connectivity index (χ1v) is 8.56. The first-order valence-electron chi connectivity index (χ1n) is 8.19. The highest BCUT2D eigenvalue weighted by Crippen LogP contribution is 2.24. The van der Waals surface area contributed by atoms with Crippen molar-refractivity contribution in [3.63, 3.8) is 0 Å². The highest BCUT2D eigenvalue weighted by Gasteiger charge is 2.03. The lowest BCUT2D eigenvalue weighted by Gasteiger charge is -2.11. The standard InChI is InChI=1S/C21H20ClNO2/c22-18-9-10-21(24)17(13-18)15-23-19-7-4-8-20(14-19)25-12-11-16-5-2-1-3-6-16/h1-10,13-14,23-24H,11-12,15H2. The third-order valence-electron chi connectivity index (χ3n) is 3.86. The molecule has 3 aromatic rings. The molecule has 0 aliphatic heterocycles. The fraction of sp³-hybridized carbons (Fsp3) is 0.143. The second-order valence-electron chi connectivity index (χ2n) is 5.74. The van der Waals surface area contributed by atoms with Gasteiger partial charge in [-0.2, -0.15) is 0 Å². The molecule has 128 valence electrons. The van der Waals surface area contributed by atoms with Gasteiger partial charge in [0.2, 0.25) is 0 Å². The van der Waals surface area contributed by atoms with Crippen LogP contribution in [0, 0.1) is 0 Å². The number of nitrogens with one attached hydrogen (secondary N) is 1. The number of aromatic hydroxyl groups is 1. The van der Waals surface area contributed by atoms with Gasteiger partial charge in [-0.15, -0.1) is 0 Å². The maximum absolute atomic E-state index is 9.87. The molecule has 2 N–H and O–H groups in total. The van der Waals surface area contributed by atoms with Crippen molar-refractivity contribution in [2.24, 2.45) is 0 Å². The molecule has 0 saturated carbocycles. The minimum Gasteiger partial charge on any atom is -0.508 e. The minimum absolute atomic E-state index is 0.229. The monoisotopic (exact) mass is 353 g/mol. The first kappa shape index (κ1) is 17.2. The largest absolute Gasteiger partial charge is 0.508 e. The second kappa shape index (κ2) is 8.45. The Labute approximate surface area is 152 Å². The Morgan fingerprint density at radius 1 is 0.920 bits per heavy atom. The third-order valence-corrected chi connectivity index (χ3v) is 4.10. The maximum Gasteiger partial charge on any atom is 0.121 e. The van der Waals surface area contributed by atoms with Crippen LogP contribution in [0.2, 0.25) is 5.02 Å². The highest BCUT2D eigenvalue weighted by molar-refractivity contribution is 6.30. The number of hydrogen-bond acceptors (Lipinski definition) is 3. The molecule has 0 heterocycles. The molecule has 3 aromatic carbocycles. The van der Waals surface area contributed by atoms with E-state index in [0.29, 0.717) is 18.2 Å². The van der Waals surface area contributed by atoms with Gasteiger partial charge in [-0.05, 0) is 35.9 Å². The average Bonchev–Trinajstić information content (AvgIpc) is 2.64. The van der Waals surface area contributed by atoms with Crippen LogP contribution in [-0.4, -0.2) is 11.7 Å². The predicted octanol–water partition coefficient (Wildman–Crippen LogP) is 5.28.